The Morgan fingerprint density at radius 1 is 0.312 bits per heavy atom. The maximum atomic E-state index is 6.76. The molecule has 7 aliphatic rings. The summed E-state index contributed by atoms with van der Waals surface area (Å²) >= 11 is 0. The predicted octanol–water partition coefficient (Wildman–Crippen LogP) is 2.91. The summed E-state index contributed by atoms with van der Waals surface area (Å²) in [4.78, 5) is 0. The average Bonchev–Trinajstić information content (AvgIpc) is 3.10. The van der Waals surface area contributed by atoms with Gasteiger partial charge in [0.1, 0.15) is 0 Å². The van der Waals surface area contributed by atoms with Crippen molar-refractivity contribution in [2.45, 2.75) is 144 Å². The minimum Gasteiger partial charge on any atom is -0.376 e. The summed E-state index contributed by atoms with van der Waals surface area (Å²) in [5.74, 6) is 0. The molecular weight excluding hydrogens is 412 g/mol. The zero-order valence-electron chi connectivity index (χ0n) is 19.0. The molecule has 0 saturated carbocycles. The van der Waals surface area contributed by atoms with Gasteiger partial charge < -0.3 is 33.2 Å². The van der Waals surface area contributed by atoms with Gasteiger partial charge in [-0.05, 0) is 51.4 Å². The summed E-state index contributed by atoms with van der Waals surface area (Å²) in [7, 11) is 0. The highest BCUT2D eigenvalue weighted by atomic mass is 16.6. The summed E-state index contributed by atoms with van der Waals surface area (Å²) in [5, 5.41) is 0. The molecule has 7 rings (SSSR count). The van der Waals surface area contributed by atoms with Crippen molar-refractivity contribution in [2.75, 3.05) is 13.2 Å². The van der Waals surface area contributed by atoms with Gasteiger partial charge in [0.15, 0.2) is 0 Å². The van der Waals surface area contributed by atoms with Crippen molar-refractivity contribution >= 4 is 0 Å². The van der Waals surface area contributed by atoms with Gasteiger partial charge in [-0.2, -0.15) is 0 Å². The fourth-order valence-electron chi connectivity index (χ4n) is 7.39. The van der Waals surface area contributed by atoms with E-state index < -0.39 is 0 Å². The van der Waals surface area contributed by atoms with Crippen molar-refractivity contribution < 1.29 is 33.2 Å². The van der Waals surface area contributed by atoms with Crippen molar-refractivity contribution in [3.63, 3.8) is 0 Å². The second kappa shape index (κ2) is 8.74. The maximum Gasteiger partial charge on any atom is 0.0868 e. The van der Waals surface area contributed by atoms with Gasteiger partial charge in [0.25, 0.3) is 0 Å². The first-order valence-corrected chi connectivity index (χ1v) is 13.3. The normalized spacial score (nSPS) is 55.5. The summed E-state index contributed by atoms with van der Waals surface area (Å²) in [6.45, 7) is 1.73. The second-order valence-electron chi connectivity index (χ2n) is 11.0. The number of ether oxygens (including phenoxy) is 7. The van der Waals surface area contributed by atoms with Gasteiger partial charge >= 0.3 is 0 Å². The minimum absolute atomic E-state index is 0.0850. The van der Waals surface area contributed by atoms with Gasteiger partial charge in [0, 0.05) is 32.5 Å². The molecule has 7 saturated heterocycles. The van der Waals surface area contributed by atoms with Crippen molar-refractivity contribution in [2.24, 2.45) is 0 Å². The topological polar surface area (TPSA) is 64.6 Å². The summed E-state index contributed by atoms with van der Waals surface area (Å²) in [6, 6.07) is 0. The molecule has 0 N–H and O–H groups in total. The summed E-state index contributed by atoms with van der Waals surface area (Å²) in [6.07, 6.45) is 13.2. The number of fused-ring (bicyclic) bond motifs is 6. The van der Waals surface area contributed by atoms with Crippen LogP contribution in [0, 0.1) is 0 Å². The van der Waals surface area contributed by atoms with E-state index in [1.807, 2.05) is 0 Å². The van der Waals surface area contributed by atoms with E-state index in [2.05, 4.69) is 0 Å². The molecule has 0 spiro atoms. The monoisotopic (exact) mass is 450 g/mol. The van der Waals surface area contributed by atoms with Crippen LogP contribution in [0.5, 0.6) is 0 Å². The molecule has 7 fully saturated rings. The standard InChI is InChI=1S/C25H38O7/c1-3-15-14(26-9-1)5-6-17-21(29-15)12-22-18(28-17)7-8-19-23(32-22)13-25-24(31-19)11-20-16(30-25)4-2-10-27-20/h14-25H,1-13H2/t14-,15+,16-,17+,18-,19+,20+,21-,22+,23-,24-,25+/m1/s1. The quantitative estimate of drug-likeness (QED) is 0.562. The van der Waals surface area contributed by atoms with Crippen molar-refractivity contribution in [1.29, 1.82) is 0 Å². The van der Waals surface area contributed by atoms with Crippen LogP contribution in [0.3, 0.4) is 0 Å². The average molecular weight is 451 g/mol. The lowest BCUT2D eigenvalue weighted by Gasteiger charge is -2.49. The van der Waals surface area contributed by atoms with Gasteiger partial charge in [0.2, 0.25) is 0 Å². The van der Waals surface area contributed by atoms with Gasteiger partial charge in [-0.3, -0.25) is 0 Å². The lowest BCUT2D eigenvalue weighted by atomic mass is 9.87. The Kier molecular flexibility index (Phi) is 5.75. The van der Waals surface area contributed by atoms with Crippen LogP contribution in [-0.2, 0) is 33.2 Å². The van der Waals surface area contributed by atoms with Crippen LogP contribution in [0.2, 0.25) is 0 Å². The zero-order valence-corrected chi connectivity index (χ0v) is 19.0. The van der Waals surface area contributed by atoms with E-state index in [1.54, 1.807) is 0 Å². The van der Waals surface area contributed by atoms with Crippen LogP contribution in [0.25, 0.3) is 0 Å². The Morgan fingerprint density at radius 3 is 1.25 bits per heavy atom. The van der Waals surface area contributed by atoms with E-state index in [0.717, 1.165) is 83.8 Å². The van der Waals surface area contributed by atoms with E-state index in [9.17, 15) is 0 Å². The Labute approximate surface area is 190 Å². The molecule has 12 atom stereocenters. The molecule has 180 valence electrons. The Bertz CT molecular complexity index is 673. The van der Waals surface area contributed by atoms with Crippen LogP contribution in [0.1, 0.15) is 70.6 Å². The molecule has 0 radical (unpaired) electrons. The van der Waals surface area contributed by atoms with E-state index in [4.69, 9.17) is 33.2 Å². The third-order valence-electron chi connectivity index (χ3n) is 9.03. The van der Waals surface area contributed by atoms with E-state index >= 15 is 0 Å². The fraction of sp³-hybridized carbons (Fsp3) is 1.00. The molecule has 0 bridgehead atoms. The highest BCUT2D eigenvalue weighted by molar-refractivity contribution is 4.99. The second-order valence-corrected chi connectivity index (χ2v) is 11.0. The SMILES string of the molecule is C1CO[C@@H]2CC[C@@H]3O[C@@H]4CC[C@@H]5O[C@@H]6C[C@@H]7OCCC[C@H]7O[C@H]6C[C@H]5O[C@H]4C[C@H]3O[C@H]2C1. The molecule has 0 unspecified atom stereocenters. The summed E-state index contributed by atoms with van der Waals surface area (Å²) in [5.41, 5.74) is 0. The lowest BCUT2D eigenvalue weighted by molar-refractivity contribution is -0.273. The number of hydrogen-bond acceptors (Lipinski definition) is 7. The Balaban J connectivity index is 1.04. The maximum absolute atomic E-state index is 6.76. The molecule has 7 heterocycles. The van der Waals surface area contributed by atoms with Crippen molar-refractivity contribution in [1.82, 2.24) is 0 Å². The fourth-order valence-corrected chi connectivity index (χ4v) is 7.39. The first kappa shape index (κ1) is 21.0. The lowest BCUT2D eigenvalue weighted by Crippen LogP contribution is -2.57. The first-order valence-electron chi connectivity index (χ1n) is 13.3. The molecule has 0 amide bonds. The zero-order chi connectivity index (χ0) is 21.1. The molecule has 0 aromatic heterocycles. The molecule has 7 heteroatoms. The van der Waals surface area contributed by atoms with Crippen LogP contribution in [0.15, 0.2) is 0 Å². The van der Waals surface area contributed by atoms with Gasteiger partial charge in [-0.15, -0.1) is 0 Å². The molecule has 32 heavy (non-hydrogen) atoms. The predicted molar refractivity (Wildman–Crippen MR) is 114 cm³/mol. The van der Waals surface area contributed by atoms with Crippen LogP contribution >= 0.6 is 0 Å². The molecule has 7 aliphatic heterocycles. The highest BCUT2D eigenvalue weighted by Crippen LogP contribution is 2.43. The largest absolute Gasteiger partial charge is 0.376 e. The van der Waals surface area contributed by atoms with Gasteiger partial charge in [0.05, 0.1) is 73.2 Å². The smallest absolute Gasteiger partial charge is 0.0868 e. The minimum atomic E-state index is 0.0850. The molecule has 0 aliphatic carbocycles. The molecule has 7 nitrogen and oxygen atoms in total. The molecule has 0 aromatic rings. The van der Waals surface area contributed by atoms with Crippen LogP contribution < -0.4 is 0 Å². The van der Waals surface area contributed by atoms with Gasteiger partial charge in [-0.25, -0.2) is 0 Å². The van der Waals surface area contributed by atoms with Gasteiger partial charge in [-0.1, -0.05) is 0 Å². The molecule has 0 aromatic carbocycles. The summed E-state index contributed by atoms with van der Waals surface area (Å²) < 4.78 is 45.1. The van der Waals surface area contributed by atoms with Crippen molar-refractivity contribution in [3.8, 4) is 0 Å². The Hall–Kier alpha value is -0.280. The van der Waals surface area contributed by atoms with Crippen LogP contribution in [-0.4, -0.2) is 86.5 Å². The van der Waals surface area contributed by atoms with E-state index in [0.29, 0.717) is 0 Å². The first-order chi connectivity index (χ1) is 15.8. The Morgan fingerprint density at radius 2 is 0.656 bits per heavy atom. The van der Waals surface area contributed by atoms with Crippen LogP contribution in [0.4, 0.5) is 0 Å². The molecular formula is C25H38O7. The number of hydrogen-bond donors (Lipinski definition) is 0. The van der Waals surface area contributed by atoms with Crippen molar-refractivity contribution in [3.05, 3.63) is 0 Å². The highest BCUT2D eigenvalue weighted by Gasteiger charge is 2.51. The third kappa shape index (κ3) is 3.86. The van der Waals surface area contributed by atoms with E-state index in [1.165, 1.54) is 0 Å². The number of rotatable bonds is 0. The third-order valence-corrected chi connectivity index (χ3v) is 9.03. The van der Waals surface area contributed by atoms with E-state index in [-0.39, 0.29) is 73.2 Å².